The van der Waals surface area contributed by atoms with Gasteiger partial charge >= 0.3 is 0 Å². The minimum Gasteiger partial charge on any atom is -0.358 e. The van der Waals surface area contributed by atoms with E-state index >= 15 is 0 Å². The second-order valence-corrected chi connectivity index (χ2v) is 9.56. The predicted molar refractivity (Wildman–Crippen MR) is 116 cm³/mol. The first-order chi connectivity index (χ1) is 15.3. The molecule has 4 rings (SSSR count). The minimum atomic E-state index is -3.95. The lowest BCUT2D eigenvalue weighted by Gasteiger charge is -2.34. The number of piperazine rings is 1. The van der Waals surface area contributed by atoms with Crippen molar-refractivity contribution >= 4 is 15.9 Å². The van der Waals surface area contributed by atoms with Gasteiger partial charge in [-0.05, 0) is 42.3 Å². The van der Waals surface area contributed by atoms with E-state index in [1.165, 1.54) is 4.31 Å². The number of nitrogens with zero attached hydrogens (tertiary/aromatic N) is 2. The average molecular weight is 460 g/mol. The number of sulfonamides is 1. The van der Waals surface area contributed by atoms with Crippen LogP contribution in [0.3, 0.4) is 0 Å². The van der Waals surface area contributed by atoms with Gasteiger partial charge in [-0.3, -0.25) is 4.79 Å². The average Bonchev–Trinajstić information content (AvgIpc) is 3.29. The van der Waals surface area contributed by atoms with Gasteiger partial charge in [0, 0.05) is 44.0 Å². The number of hydrogen-bond donors (Lipinski definition) is 1. The Hall–Kier alpha value is -3.04. The maximum Gasteiger partial charge on any atom is 0.243 e. The van der Waals surface area contributed by atoms with Crippen molar-refractivity contribution in [3.63, 3.8) is 0 Å². The molecule has 0 unspecified atom stereocenters. The van der Waals surface area contributed by atoms with E-state index in [1.54, 1.807) is 4.90 Å². The van der Waals surface area contributed by atoms with E-state index in [2.05, 4.69) is 4.98 Å². The van der Waals surface area contributed by atoms with Crippen LogP contribution in [0.1, 0.15) is 12.1 Å². The zero-order valence-electron chi connectivity index (χ0n) is 17.3. The molecule has 2 aromatic carbocycles. The molecule has 2 heterocycles. The number of carbonyl (C=O) groups is 1. The fourth-order valence-electron chi connectivity index (χ4n) is 3.74. The fraction of sp³-hybridized carbons (Fsp3) is 0.261. The molecule has 0 bridgehead atoms. The van der Waals surface area contributed by atoms with Crippen LogP contribution >= 0.6 is 0 Å². The number of aromatic nitrogens is 1. The van der Waals surface area contributed by atoms with Crippen molar-refractivity contribution in [2.45, 2.75) is 17.7 Å². The van der Waals surface area contributed by atoms with Gasteiger partial charge in [-0.25, -0.2) is 17.2 Å². The van der Waals surface area contributed by atoms with Crippen LogP contribution in [-0.2, 0) is 21.2 Å². The van der Waals surface area contributed by atoms with Gasteiger partial charge in [-0.15, -0.1) is 0 Å². The van der Waals surface area contributed by atoms with Crippen molar-refractivity contribution < 1.29 is 22.0 Å². The second-order valence-electron chi connectivity index (χ2n) is 7.62. The lowest BCUT2D eigenvalue weighted by molar-refractivity contribution is -0.132. The van der Waals surface area contributed by atoms with Crippen LogP contribution < -0.4 is 0 Å². The summed E-state index contributed by atoms with van der Waals surface area (Å²) < 4.78 is 53.1. The molecule has 9 heteroatoms. The molecular formula is C23H23F2N3O3S. The third-order valence-electron chi connectivity index (χ3n) is 5.56. The van der Waals surface area contributed by atoms with Crippen molar-refractivity contribution in [1.29, 1.82) is 0 Å². The van der Waals surface area contributed by atoms with Crippen LogP contribution in [0.25, 0.3) is 11.3 Å². The van der Waals surface area contributed by atoms with E-state index < -0.39 is 21.7 Å². The molecular weight excluding hydrogens is 436 g/mol. The lowest BCUT2D eigenvalue weighted by atomic mass is 10.2. The third-order valence-corrected chi connectivity index (χ3v) is 7.45. The Kier molecular flexibility index (Phi) is 6.38. The summed E-state index contributed by atoms with van der Waals surface area (Å²) in [5.74, 6) is -2.36. The number of H-pyrrole nitrogens is 1. The van der Waals surface area contributed by atoms with Crippen LogP contribution in [0.5, 0.6) is 0 Å². The molecule has 0 spiro atoms. The zero-order valence-corrected chi connectivity index (χ0v) is 18.1. The monoisotopic (exact) mass is 459 g/mol. The lowest BCUT2D eigenvalue weighted by Crippen LogP contribution is -2.50. The summed E-state index contributed by atoms with van der Waals surface area (Å²) in [6.07, 6.45) is 0.865. The molecule has 32 heavy (non-hydrogen) atoms. The highest BCUT2D eigenvalue weighted by Gasteiger charge is 2.30. The summed E-state index contributed by atoms with van der Waals surface area (Å²) in [5.41, 5.74) is 3.02. The van der Waals surface area contributed by atoms with E-state index in [0.29, 0.717) is 18.9 Å². The molecule has 1 aliphatic rings. The first kappa shape index (κ1) is 22.2. The molecule has 168 valence electrons. The normalized spacial score (nSPS) is 15.1. The SMILES string of the molecule is O=C(CCc1ccc(-c2ccccc2)[nH]1)N1CCN(S(=O)(=O)c2ccc(F)c(F)c2)CC1. The molecule has 1 amide bonds. The van der Waals surface area contributed by atoms with Gasteiger partial charge in [0.1, 0.15) is 0 Å². The van der Waals surface area contributed by atoms with E-state index in [0.717, 1.165) is 29.1 Å². The molecule has 1 aliphatic heterocycles. The van der Waals surface area contributed by atoms with Gasteiger partial charge in [0.05, 0.1) is 4.90 Å². The number of amides is 1. The molecule has 0 radical (unpaired) electrons. The number of carbonyl (C=O) groups excluding carboxylic acids is 1. The number of halogens is 2. The smallest absolute Gasteiger partial charge is 0.243 e. The summed E-state index contributed by atoms with van der Waals surface area (Å²) in [4.78, 5) is 17.3. The standard InChI is InChI=1S/C23H23F2N3O3S/c24-20-9-8-19(16-21(20)25)32(30,31)28-14-12-27(13-15-28)23(29)11-7-18-6-10-22(26-18)17-4-2-1-3-5-17/h1-6,8-10,16,26H,7,11-15H2. The summed E-state index contributed by atoms with van der Waals surface area (Å²) >= 11 is 0. The van der Waals surface area contributed by atoms with Crippen LogP contribution in [0.15, 0.2) is 65.6 Å². The van der Waals surface area contributed by atoms with Crippen molar-refractivity contribution in [3.05, 3.63) is 78.0 Å². The van der Waals surface area contributed by atoms with Gasteiger partial charge < -0.3 is 9.88 Å². The highest BCUT2D eigenvalue weighted by Crippen LogP contribution is 2.21. The molecule has 1 N–H and O–H groups in total. The Bertz CT molecular complexity index is 1200. The molecule has 0 aliphatic carbocycles. The highest BCUT2D eigenvalue weighted by atomic mass is 32.2. The number of hydrogen-bond acceptors (Lipinski definition) is 3. The topological polar surface area (TPSA) is 73.5 Å². The van der Waals surface area contributed by atoms with E-state index in [4.69, 9.17) is 0 Å². The zero-order chi connectivity index (χ0) is 22.7. The third kappa shape index (κ3) is 4.73. The molecule has 1 aromatic heterocycles. The van der Waals surface area contributed by atoms with E-state index in [9.17, 15) is 22.0 Å². The van der Waals surface area contributed by atoms with Crippen molar-refractivity contribution in [1.82, 2.24) is 14.2 Å². The maximum atomic E-state index is 13.5. The molecule has 1 fully saturated rings. The van der Waals surface area contributed by atoms with Crippen molar-refractivity contribution in [2.75, 3.05) is 26.2 Å². The first-order valence-corrected chi connectivity index (χ1v) is 11.7. The number of aryl methyl sites for hydroxylation is 1. The number of benzene rings is 2. The van der Waals surface area contributed by atoms with Gasteiger partial charge in [0.25, 0.3) is 0 Å². The van der Waals surface area contributed by atoms with Crippen LogP contribution in [-0.4, -0.2) is 54.7 Å². The Morgan fingerprint density at radius 2 is 1.62 bits per heavy atom. The quantitative estimate of drug-likeness (QED) is 0.614. The van der Waals surface area contributed by atoms with E-state index in [-0.39, 0.29) is 37.0 Å². The summed E-state index contributed by atoms with van der Waals surface area (Å²) in [6.45, 7) is 0.713. The molecule has 3 aromatic rings. The van der Waals surface area contributed by atoms with Crippen LogP contribution in [0.2, 0.25) is 0 Å². The fourth-order valence-corrected chi connectivity index (χ4v) is 5.17. The Morgan fingerprint density at radius 1 is 0.906 bits per heavy atom. The predicted octanol–water partition coefficient (Wildman–Crippen LogP) is 3.43. The van der Waals surface area contributed by atoms with E-state index in [1.807, 2.05) is 42.5 Å². The van der Waals surface area contributed by atoms with Gasteiger partial charge in [0.2, 0.25) is 15.9 Å². The number of aromatic amines is 1. The number of nitrogens with one attached hydrogen (secondary N) is 1. The van der Waals surface area contributed by atoms with Gasteiger partial charge in [0.15, 0.2) is 11.6 Å². The maximum absolute atomic E-state index is 13.5. The molecule has 0 saturated carbocycles. The van der Waals surface area contributed by atoms with Crippen molar-refractivity contribution in [3.8, 4) is 11.3 Å². The molecule has 1 saturated heterocycles. The van der Waals surface area contributed by atoms with Gasteiger partial charge in [-0.2, -0.15) is 4.31 Å². The summed E-state index contributed by atoms with van der Waals surface area (Å²) in [7, 11) is -3.95. The van der Waals surface area contributed by atoms with Crippen LogP contribution in [0, 0.1) is 11.6 Å². The minimum absolute atomic E-state index is 0.0502. The Labute approximate surface area is 185 Å². The summed E-state index contributed by atoms with van der Waals surface area (Å²) in [6, 6.07) is 16.4. The van der Waals surface area contributed by atoms with Crippen molar-refractivity contribution in [2.24, 2.45) is 0 Å². The molecule has 0 atom stereocenters. The largest absolute Gasteiger partial charge is 0.358 e. The van der Waals surface area contributed by atoms with Gasteiger partial charge in [-0.1, -0.05) is 30.3 Å². The number of rotatable bonds is 6. The highest BCUT2D eigenvalue weighted by molar-refractivity contribution is 7.89. The Morgan fingerprint density at radius 3 is 2.31 bits per heavy atom. The second kappa shape index (κ2) is 9.22. The molecule has 6 nitrogen and oxygen atoms in total. The van der Waals surface area contributed by atoms with Crippen LogP contribution in [0.4, 0.5) is 8.78 Å². The first-order valence-electron chi connectivity index (χ1n) is 10.3. The summed E-state index contributed by atoms with van der Waals surface area (Å²) in [5, 5.41) is 0. The Balaban J connectivity index is 1.31.